The SMILES string of the molecule is Cl.Nc1cccc(CN2C(=O)CN(NC(=O)c3ccc(-c4cccc(C(F)(F)F)c4)o3)C2=O)c1. The lowest BCUT2D eigenvalue weighted by Crippen LogP contribution is -2.44. The van der Waals surface area contributed by atoms with Crippen LogP contribution in [0.25, 0.3) is 11.3 Å². The molecular weight excluding hydrogens is 477 g/mol. The van der Waals surface area contributed by atoms with Crippen molar-refractivity contribution in [2.45, 2.75) is 12.7 Å². The average Bonchev–Trinajstić information content (AvgIpc) is 3.35. The van der Waals surface area contributed by atoms with Gasteiger partial charge in [0.25, 0.3) is 5.91 Å². The Kier molecular flexibility index (Phi) is 6.87. The number of hydrogen-bond donors (Lipinski definition) is 2. The summed E-state index contributed by atoms with van der Waals surface area (Å²) < 4.78 is 44.2. The predicted octanol–water partition coefficient (Wildman–Crippen LogP) is 4.08. The molecule has 0 unspecified atom stereocenters. The number of hydrogen-bond acceptors (Lipinski definition) is 5. The summed E-state index contributed by atoms with van der Waals surface area (Å²) in [6, 6.07) is 13.0. The first kappa shape index (κ1) is 24.6. The van der Waals surface area contributed by atoms with Crippen LogP contribution in [0.3, 0.4) is 0 Å². The average molecular weight is 495 g/mol. The van der Waals surface area contributed by atoms with E-state index < -0.39 is 29.6 Å². The maximum absolute atomic E-state index is 12.9. The van der Waals surface area contributed by atoms with Crippen LogP contribution >= 0.6 is 12.4 Å². The number of alkyl halides is 3. The molecule has 4 amide bonds. The zero-order chi connectivity index (χ0) is 23.8. The summed E-state index contributed by atoms with van der Waals surface area (Å²) in [6.07, 6.45) is -4.52. The Morgan fingerprint density at radius 1 is 1.06 bits per heavy atom. The second-order valence-corrected chi connectivity index (χ2v) is 7.28. The van der Waals surface area contributed by atoms with Crippen molar-refractivity contribution >= 4 is 35.9 Å². The largest absolute Gasteiger partial charge is 0.451 e. The van der Waals surface area contributed by atoms with Crippen LogP contribution in [0.4, 0.5) is 23.7 Å². The molecule has 4 rings (SSSR count). The first-order valence-corrected chi connectivity index (χ1v) is 9.66. The van der Waals surface area contributed by atoms with Gasteiger partial charge in [-0.3, -0.25) is 19.9 Å². The summed E-state index contributed by atoms with van der Waals surface area (Å²) in [4.78, 5) is 38.3. The number of halogens is 4. The highest BCUT2D eigenvalue weighted by Crippen LogP contribution is 2.32. The van der Waals surface area contributed by atoms with Crippen LogP contribution in [0.1, 0.15) is 21.7 Å². The molecule has 0 aliphatic carbocycles. The van der Waals surface area contributed by atoms with E-state index in [0.29, 0.717) is 11.3 Å². The maximum Gasteiger partial charge on any atom is 0.416 e. The fourth-order valence-corrected chi connectivity index (χ4v) is 3.30. The minimum atomic E-state index is -4.52. The number of nitrogen functional groups attached to an aromatic ring is 1. The van der Waals surface area contributed by atoms with Gasteiger partial charge in [-0.25, -0.2) is 9.80 Å². The monoisotopic (exact) mass is 494 g/mol. The maximum atomic E-state index is 12.9. The van der Waals surface area contributed by atoms with Gasteiger partial charge in [-0.1, -0.05) is 24.3 Å². The van der Waals surface area contributed by atoms with E-state index in [9.17, 15) is 27.6 Å². The lowest BCUT2D eigenvalue weighted by Gasteiger charge is -2.17. The van der Waals surface area contributed by atoms with Gasteiger partial charge in [0.15, 0.2) is 5.76 Å². The highest BCUT2D eigenvalue weighted by molar-refractivity contribution is 6.03. The van der Waals surface area contributed by atoms with Crippen LogP contribution in [0.15, 0.2) is 65.1 Å². The smallest absolute Gasteiger partial charge is 0.416 e. The first-order valence-electron chi connectivity index (χ1n) is 9.66. The van der Waals surface area contributed by atoms with Crippen molar-refractivity contribution in [2.75, 3.05) is 12.3 Å². The van der Waals surface area contributed by atoms with E-state index in [-0.39, 0.29) is 42.6 Å². The molecule has 0 spiro atoms. The summed E-state index contributed by atoms with van der Waals surface area (Å²) in [5.74, 6) is -1.55. The molecule has 1 saturated heterocycles. The molecule has 1 aliphatic rings. The molecule has 2 heterocycles. The van der Waals surface area contributed by atoms with E-state index in [4.69, 9.17) is 10.2 Å². The fourth-order valence-electron chi connectivity index (χ4n) is 3.30. The van der Waals surface area contributed by atoms with Gasteiger partial charge in [0.2, 0.25) is 0 Å². The molecule has 0 atom stereocenters. The quantitative estimate of drug-likeness (QED) is 0.410. The number of nitrogens with two attached hydrogens (primary N) is 1. The molecule has 178 valence electrons. The Morgan fingerprint density at radius 3 is 2.50 bits per heavy atom. The van der Waals surface area contributed by atoms with Crippen LogP contribution in [-0.2, 0) is 17.5 Å². The number of benzene rings is 2. The van der Waals surface area contributed by atoms with Gasteiger partial charge >= 0.3 is 18.1 Å². The molecule has 1 fully saturated rings. The number of furan rings is 1. The van der Waals surface area contributed by atoms with Gasteiger partial charge in [-0.05, 0) is 42.0 Å². The van der Waals surface area contributed by atoms with Crippen molar-refractivity contribution in [1.82, 2.24) is 15.3 Å². The Hall–Kier alpha value is -3.99. The second kappa shape index (κ2) is 9.48. The molecular formula is C22H18ClF3N4O4. The minimum absolute atomic E-state index is 0. The third kappa shape index (κ3) is 5.15. The zero-order valence-electron chi connectivity index (χ0n) is 17.3. The molecule has 1 aromatic heterocycles. The van der Waals surface area contributed by atoms with Gasteiger partial charge in [-0.15, -0.1) is 12.4 Å². The van der Waals surface area contributed by atoms with Gasteiger partial charge in [0.05, 0.1) is 12.1 Å². The Balaban J connectivity index is 0.00000324. The number of amides is 4. The Morgan fingerprint density at radius 2 is 1.79 bits per heavy atom. The molecule has 3 N–H and O–H groups in total. The highest BCUT2D eigenvalue weighted by Gasteiger charge is 2.37. The van der Waals surface area contributed by atoms with E-state index in [1.54, 1.807) is 24.3 Å². The summed E-state index contributed by atoms with van der Waals surface area (Å²) in [6.45, 7) is -0.399. The van der Waals surface area contributed by atoms with Crippen molar-refractivity contribution < 1.29 is 32.0 Å². The van der Waals surface area contributed by atoms with E-state index in [1.807, 2.05) is 0 Å². The van der Waals surface area contributed by atoms with E-state index >= 15 is 0 Å². The predicted molar refractivity (Wildman–Crippen MR) is 117 cm³/mol. The normalized spacial score (nSPS) is 13.7. The van der Waals surface area contributed by atoms with Crippen LogP contribution in [0.5, 0.6) is 0 Å². The molecule has 34 heavy (non-hydrogen) atoms. The minimum Gasteiger partial charge on any atom is -0.451 e. The number of hydrazine groups is 1. The number of carbonyl (C=O) groups is 3. The molecule has 12 heteroatoms. The van der Waals surface area contributed by atoms with Crippen LogP contribution in [0.2, 0.25) is 0 Å². The molecule has 0 bridgehead atoms. The number of carbonyl (C=O) groups excluding carboxylic acids is 3. The van der Waals surface area contributed by atoms with Crippen LogP contribution in [0, 0.1) is 0 Å². The van der Waals surface area contributed by atoms with Crippen molar-refractivity contribution in [2.24, 2.45) is 0 Å². The second-order valence-electron chi connectivity index (χ2n) is 7.28. The van der Waals surface area contributed by atoms with Crippen molar-refractivity contribution in [3.63, 3.8) is 0 Å². The van der Waals surface area contributed by atoms with Crippen LogP contribution in [-0.4, -0.2) is 34.3 Å². The summed E-state index contributed by atoms with van der Waals surface area (Å²) in [5, 5.41) is 0.837. The molecule has 2 aromatic carbocycles. The first-order chi connectivity index (χ1) is 15.6. The third-order valence-electron chi connectivity index (χ3n) is 4.89. The molecule has 0 radical (unpaired) electrons. The van der Waals surface area contributed by atoms with E-state index in [2.05, 4.69) is 5.43 Å². The summed E-state index contributed by atoms with van der Waals surface area (Å²) in [7, 11) is 0. The number of nitrogens with zero attached hydrogens (tertiary/aromatic N) is 2. The number of rotatable bonds is 5. The molecule has 3 aromatic rings. The Labute approximate surface area is 197 Å². The third-order valence-corrected chi connectivity index (χ3v) is 4.89. The van der Waals surface area contributed by atoms with Crippen molar-refractivity contribution in [3.05, 3.63) is 77.6 Å². The number of imide groups is 1. The van der Waals surface area contributed by atoms with Crippen LogP contribution < -0.4 is 11.2 Å². The number of urea groups is 1. The van der Waals surface area contributed by atoms with E-state index in [0.717, 1.165) is 22.0 Å². The zero-order valence-corrected chi connectivity index (χ0v) is 18.2. The van der Waals surface area contributed by atoms with Crippen molar-refractivity contribution in [3.8, 4) is 11.3 Å². The number of nitrogens with one attached hydrogen (secondary N) is 1. The standard InChI is InChI=1S/C22H17F3N4O4.ClH/c23-22(24,25)15-5-2-4-14(10-15)17-7-8-18(33-17)20(31)27-29-12-19(30)28(21(29)32)11-13-3-1-6-16(26)9-13;/h1-10H,11-12,26H2,(H,27,31);1H. The lowest BCUT2D eigenvalue weighted by atomic mass is 10.1. The highest BCUT2D eigenvalue weighted by atomic mass is 35.5. The van der Waals surface area contributed by atoms with Gasteiger partial charge in [0, 0.05) is 11.3 Å². The molecule has 0 saturated carbocycles. The lowest BCUT2D eigenvalue weighted by molar-refractivity contribution is -0.137. The summed E-state index contributed by atoms with van der Waals surface area (Å²) in [5.41, 5.74) is 8.39. The topological polar surface area (TPSA) is 109 Å². The van der Waals surface area contributed by atoms with Gasteiger partial charge in [-0.2, -0.15) is 13.2 Å². The Bertz CT molecular complexity index is 1240. The fraction of sp³-hybridized carbons (Fsp3) is 0.136. The number of anilines is 1. The van der Waals surface area contributed by atoms with E-state index in [1.165, 1.54) is 24.3 Å². The molecule has 1 aliphatic heterocycles. The molecule has 8 nitrogen and oxygen atoms in total. The van der Waals surface area contributed by atoms with Gasteiger partial charge in [0.1, 0.15) is 12.3 Å². The van der Waals surface area contributed by atoms with Gasteiger partial charge < -0.3 is 10.2 Å². The summed E-state index contributed by atoms with van der Waals surface area (Å²) >= 11 is 0. The van der Waals surface area contributed by atoms with Crippen molar-refractivity contribution in [1.29, 1.82) is 0 Å².